The first-order chi connectivity index (χ1) is 13.4. The summed E-state index contributed by atoms with van der Waals surface area (Å²) in [5, 5.41) is 9.04. The Morgan fingerprint density at radius 1 is 1.36 bits per heavy atom. The highest BCUT2D eigenvalue weighted by molar-refractivity contribution is 5.94. The standard InChI is InChI=1S/C20H22FN5O2/c1-10-14(11(2)23-19-17(10)20(28)25-26(19)3)8-16(27)24-15-5-4-12-9-22-7-6-13(12)18(15)21/h4-5,22H,6-9H2,1-3H3,(H,24,27)(H,25,28). The molecule has 3 heterocycles. The van der Waals surface area contributed by atoms with E-state index in [-0.39, 0.29) is 29.4 Å². The van der Waals surface area contributed by atoms with Gasteiger partial charge in [-0.15, -0.1) is 0 Å². The van der Waals surface area contributed by atoms with Crippen LogP contribution >= 0.6 is 0 Å². The summed E-state index contributed by atoms with van der Waals surface area (Å²) < 4.78 is 16.3. The molecular weight excluding hydrogens is 361 g/mol. The average Bonchev–Trinajstić information content (AvgIpc) is 2.94. The van der Waals surface area contributed by atoms with E-state index >= 15 is 0 Å². The molecule has 0 spiro atoms. The molecule has 146 valence electrons. The fourth-order valence-corrected chi connectivity index (χ4v) is 3.89. The van der Waals surface area contributed by atoms with Gasteiger partial charge in [0.15, 0.2) is 5.65 Å². The monoisotopic (exact) mass is 383 g/mol. The number of hydrogen-bond acceptors (Lipinski definition) is 4. The SMILES string of the molecule is Cc1nc2c(c(C)c1CC(=O)Nc1ccc3c(c1F)CCNC3)c(=O)[nH]n2C. The number of nitrogens with one attached hydrogen (secondary N) is 3. The van der Waals surface area contributed by atoms with E-state index in [0.29, 0.717) is 40.8 Å². The second-order valence-corrected chi connectivity index (χ2v) is 7.22. The Bertz CT molecular complexity index is 1160. The van der Waals surface area contributed by atoms with Crippen molar-refractivity contribution in [3.63, 3.8) is 0 Å². The van der Waals surface area contributed by atoms with Crippen molar-refractivity contribution in [2.75, 3.05) is 11.9 Å². The van der Waals surface area contributed by atoms with E-state index in [1.165, 1.54) is 0 Å². The number of carbonyl (C=O) groups excluding carboxylic acids is 1. The van der Waals surface area contributed by atoms with Gasteiger partial charge in [-0.1, -0.05) is 6.07 Å². The average molecular weight is 383 g/mol. The molecule has 0 fully saturated rings. The van der Waals surface area contributed by atoms with Crippen molar-refractivity contribution in [2.45, 2.75) is 33.2 Å². The summed E-state index contributed by atoms with van der Waals surface area (Å²) in [5.41, 5.74) is 4.16. The molecule has 0 unspecified atom stereocenters. The van der Waals surface area contributed by atoms with Crippen LogP contribution in [0.4, 0.5) is 10.1 Å². The molecule has 0 bridgehead atoms. The Balaban J connectivity index is 1.63. The molecule has 1 amide bonds. The van der Waals surface area contributed by atoms with E-state index < -0.39 is 0 Å². The number of pyridine rings is 1. The van der Waals surface area contributed by atoms with Gasteiger partial charge in [0.25, 0.3) is 5.56 Å². The number of halogens is 1. The van der Waals surface area contributed by atoms with Crippen LogP contribution < -0.4 is 16.2 Å². The zero-order valence-electron chi connectivity index (χ0n) is 16.1. The number of hydrogen-bond donors (Lipinski definition) is 3. The molecule has 1 aromatic carbocycles. The predicted molar refractivity (Wildman–Crippen MR) is 105 cm³/mol. The van der Waals surface area contributed by atoms with E-state index in [4.69, 9.17) is 0 Å². The van der Waals surface area contributed by atoms with Crippen molar-refractivity contribution in [3.8, 4) is 0 Å². The molecule has 8 heteroatoms. The first kappa shape index (κ1) is 18.4. The van der Waals surface area contributed by atoms with Crippen molar-refractivity contribution in [1.82, 2.24) is 20.1 Å². The van der Waals surface area contributed by atoms with Gasteiger partial charge in [-0.05, 0) is 55.1 Å². The second kappa shape index (κ2) is 6.87. The molecule has 3 N–H and O–H groups in total. The summed E-state index contributed by atoms with van der Waals surface area (Å²) in [6, 6.07) is 3.44. The maximum Gasteiger partial charge on any atom is 0.273 e. The molecule has 7 nitrogen and oxygen atoms in total. The Morgan fingerprint density at radius 3 is 2.93 bits per heavy atom. The number of rotatable bonds is 3. The number of carbonyl (C=O) groups is 1. The molecule has 28 heavy (non-hydrogen) atoms. The van der Waals surface area contributed by atoms with Gasteiger partial charge in [0, 0.05) is 19.3 Å². The Hall–Kier alpha value is -3.00. The van der Waals surface area contributed by atoms with E-state index in [9.17, 15) is 14.0 Å². The Kier molecular flexibility index (Phi) is 4.50. The molecule has 0 saturated carbocycles. The molecule has 2 aromatic heterocycles. The maximum atomic E-state index is 14.8. The minimum absolute atomic E-state index is 0.0209. The summed E-state index contributed by atoms with van der Waals surface area (Å²) in [6.07, 6.45) is 0.619. The molecule has 3 aromatic rings. The highest BCUT2D eigenvalue weighted by Gasteiger charge is 2.20. The highest BCUT2D eigenvalue weighted by atomic mass is 19.1. The lowest BCUT2D eigenvalue weighted by Crippen LogP contribution is -2.25. The minimum Gasteiger partial charge on any atom is -0.323 e. The Labute approximate surface area is 160 Å². The minimum atomic E-state index is -0.367. The van der Waals surface area contributed by atoms with Gasteiger partial charge >= 0.3 is 0 Å². The fourth-order valence-electron chi connectivity index (χ4n) is 3.89. The number of aromatic amines is 1. The number of aryl methyl sites for hydroxylation is 3. The second-order valence-electron chi connectivity index (χ2n) is 7.22. The molecule has 0 aliphatic carbocycles. The number of anilines is 1. The van der Waals surface area contributed by atoms with Crippen molar-refractivity contribution in [1.29, 1.82) is 0 Å². The lowest BCUT2D eigenvalue weighted by atomic mass is 9.99. The van der Waals surface area contributed by atoms with Crippen LogP contribution in [-0.2, 0) is 31.2 Å². The van der Waals surface area contributed by atoms with Gasteiger partial charge in [-0.2, -0.15) is 0 Å². The number of amides is 1. The van der Waals surface area contributed by atoms with Gasteiger partial charge in [0.1, 0.15) is 5.82 Å². The van der Waals surface area contributed by atoms with E-state index in [1.54, 1.807) is 31.6 Å². The zero-order valence-corrected chi connectivity index (χ0v) is 16.1. The quantitative estimate of drug-likeness (QED) is 0.644. The predicted octanol–water partition coefficient (Wildman–Crippen LogP) is 1.84. The van der Waals surface area contributed by atoms with Crippen LogP contribution in [0.25, 0.3) is 11.0 Å². The first-order valence-corrected chi connectivity index (χ1v) is 9.22. The van der Waals surface area contributed by atoms with E-state index in [0.717, 1.165) is 17.7 Å². The maximum absolute atomic E-state index is 14.8. The third-order valence-corrected chi connectivity index (χ3v) is 5.39. The largest absolute Gasteiger partial charge is 0.323 e. The molecule has 0 atom stereocenters. The number of H-pyrrole nitrogens is 1. The molecule has 4 rings (SSSR count). The third kappa shape index (κ3) is 2.99. The van der Waals surface area contributed by atoms with Gasteiger partial charge in [-0.25, -0.2) is 9.37 Å². The summed E-state index contributed by atoms with van der Waals surface area (Å²) in [4.78, 5) is 29.3. The van der Waals surface area contributed by atoms with Crippen LogP contribution in [0.15, 0.2) is 16.9 Å². The van der Waals surface area contributed by atoms with Crippen molar-refractivity contribution in [3.05, 3.63) is 56.3 Å². The summed E-state index contributed by atoms with van der Waals surface area (Å²) in [6.45, 7) is 4.97. The van der Waals surface area contributed by atoms with E-state index in [2.05, 4.69) is 20.7 Å². The van der Waals surface area contributed by atoms with Gasteiger partial charge in [0.05, 0.1) is 17.5 Å². The van der Waals surface area contributed by atoms with Gasteiger partial charge < -0.3 is 10.6 Å². The molecule has 0 saturated heterocycles. The molecule has 1 aliphatic heterocycles. The topological polar surface area (TPSA) is 91.8 Å². The van der Waals surface area contributed by atoms with E-state index in [1.807, 2.05) is 6.07 Å². The van der Waals surface area contributed by atoms with Crippen molar-refractivity contribution in [2.24, 2.45) is 7.05 Å². The fraction of sp³-hybridized carbons (Fsp3) is 0.350. The molecular formula is C20H22FN5O2. The van der Waals surface area contributed by atoms with Crippen LogP contribution in [0.3, 0.4) is 0 Å². The summed E-state index contributed by atoms with van der Waals surface area (Å²) in [5.74, 6) is -0.707. The summed E-state index contributed by atoms with van der Waals surface area (Å²) in [7, 11) is 1.72. The third-order valence-electron chi connectivity index (χ3n) is 5.39. The molecule has 0 radical (unpaired) electrons. The molecule has 1 aliphatic rings. The first-order valence-electron chi connectivity index (χ1n) is 9.22. The number of fused-ring (bicyclic) bond motifs is 2. The highest BCUT2D eigenvalue weighted by Crippen LogP contribution is 2.25. The lowest BCUT2D eigenvalue weighted by molar-refractivity contribution is -0.115. The zero-order chi connectivity index (χ0) is 20.0. The normalized spacial score (nSPS) is 13.6. The Morgan fingerprint density at radius 2 is 2.14 bits per heavy atom. The van der Waals surface area contributed by atoms with Crippen LogP contribution in [-0.4, -0.2) is 27.2 Å². The van der Waals surface area contributed by atoms with Gasteiger partial charge in [0.2, 0.25) is 5.91 Å². The van der Waals surface area contributed by atoms with Crippen molar-refractivity contribution < 1.29 is 9.18 Å². The van der Waals surface area contributed by atoms with Gasteiger partial charge in [-0.3, -0.25) is 19.4 Å². The van der Waals surface area contributed by atoms with Crippen LogP contribution in [0.2, 0.25) is 0 Å². The van der Waals surface area contributed by atoms with Crippen LogP contribution in [0, 0.1) is 19.7 Å². The summed E-state index contributed by atoms with van der Waals surface area (Å²) >= 11 is 0. The number of benzene rings is 1. The smallest absolute Gasteiger partial charge is 0.273 e. The lowest BCUT2D eigenvalue weighted by Gasteiger charge is -2.19. The van der Waals surface area contributed by atoms with Crippen LogP contribution in [0.1, 0.15) is 27.9 Å². The number of nitrogens with zero attached hydrogens (tertiary/aromatic N) is 2. The van der Waals surface area contributed by atoms with Crippen LogP contribution in [0.5, 0.6) is 0 Å². The van der Waals surface area contributed by atoms with Crippen molar-refractivity contribution >= 4 is 22.6 Å². The number of aromatic nitrogens is 3.